The number of nitrogens with one attached hydrogen (secondary N) is 2. The molecular formula is C12H15IN2O2. The van der Waals surface area contributed by atoms with Crippen LogP contribution in [-0.4, -0.2) is 24.9 Å². The van der Waals surface area contributed by atoms with E-state index >= 15 is 0 Å². The Hall–Kier alpha value is -1.11. The first kappa shape index (κ1) is 14.0. The van der Waals surface area contributed by atoms with Crippen LogP contribution in [0.1, 0.15) is 23.7 Å². The van der Waals surface area contributed by atoms with Crippen LogP contribution in [0.2, 0.25) is 0 Å². The predicted octanol–water partition coefficient (Wildman–Crippen LogP) is 1.55. The van der Waals surface area contributed by atoms with E-state index in [1.165, 1.54) is 0 Å². The van der Waals surface area contributed by atoms with Crippen LogP contribution in [0.15, 0.2) is 24.3 Å². The Morgan fingerprint density at radius 2 is 1.82 bits per heavy atom. The van der Waals surface area contributed by atoms with Crippen molar-refractivity contribution in [2.24, 2.45) is 0 Å². The quantitative estimate of drug-likeness (QED) is 0.628. The third kappa shape index (κ3) is 4.72. The van der Waals surface area contributed by atoms with Crippen molar-refractivity contribution in [3.8, 4) is 0 Å². The van der Waals surface area contributed by atoms with Crippen molar-refractivity contribution in [2.45, 2.75) is 13.3 Å². The molecule has 0 atom stereocenters. The first-order chi connectivity index (χ1) is 8.15. The van der Waals surface area contributed by atoms with Gasteiger partial charge in [-0.15, -0.1) is 0 Å². The Balaban J connectivity index is 2.36. The number of halogens is 1. The summed E-state index contributed by atoms with van der Waals surface area (Å²) in [6, 6.07) is 7.38. The highest BCUT2D eigenvalue weighted by molar-refractivity contribution is 14.1. The van der Waals surface area contributed by atoms with Crippen LogP contribution >= 0.6 is 22.6 Å². The second-order valence-corrected chi connectivity index (χ2v) is 4.60. The topological polar surface area (TPSA) is 58.2 Å². The van der Waals surface area contributed by atoms with Gasteiger partial charge in [0.25, 0.3) is 5.91 Å². The second-order valence-electron chi connectivity index (χ2n) is 3.44. The maximum absolute atomic E-state index is 11.8. The Labute approximate surface area is 114 Å². The summed E-state index contributed by atoms with van der Waals surface area (Å²) in [5.74, 6) is -0.116. The molecule has 1 aromatic rings. The molecule has 0 bridgehead atoms. The zero-order chi connectivity index (χ0) is 12.7. The maximum atomic E-state index is 11.8. The Morgan fingerprint density at radius 1 is 1.18 bits per heavy atom. The zero-order valence-corrected chi connectivity index (χ0v) is 11.8. The third-order valence-electron chi connectivity index (χ3n) is 2.17. The predicted molar refractivity (Wildman–Crippen MR) is 74.8 cm³/mol. The lowest BCUT2D eigenvalue weighted by Crippen LogP contribution is -2.34. The summed E-state index contributed by atoms with van der Waals surface area (Å²) in [5.41, 5.74) is 0.662. The van der Waals surface area contributed by atoms with Crippen molar-refractivity contribution >= 4 is 34.4 Å². The van der Waals surface area contributed by atoms with Crippen molar-refractivity contribution in [1.29, 1.82) is 0 Å². The molecule has 0 fully saturated rings. The van der Waals surface area contributed by atoms with E-state index in [0.29, 0.717) is 25.1 Å². The largest absolute Gasteiger partial charge is 0.354 e. The average molecular weight is 346 g/mol. The smallest absolute Gasteiger partial charge is 0.252 e. The van der Waals surface area contributed by atoms with Crippen molar-refractivity contribution in [3.05, 3.63) is 33.4 Å². The molecule has 2 N–H and O–H groups in total. The summed E-state index contributed by atoms with van der Waals surface area (Å²) < 4.78 is 0.917. The molecule has 5 heteroatoms. The van der Waals surface area contributed by atoms with E-state index < -0.39 is 0 Å². The van der Waals surface area contributed by atoms with Crippen molar-refractivity contribution in [2.75, 3.05) is 13.1 Å². The van der Waals surface area contributed by atoms with Gasteiger partial charge in [0.2, 0.25) is 5.91 Å². The van der Waals surface area contributed by atoms with E-state index in [-0.39, 0.29) is 11.8 Å². The lowest BCUT2D eigenvalue weighted by Gasteiger charge is -2.07. The molecular weight excluding hydrogens is 331 g/mol. The number of amides is 2. The van der Waals surface area contributed by atoms with E-state index in [4.69, 9.17) is 0 Å². The number of hydrogen-bond donors (Lipinski definition) is 2. The Bertz CT molecular complexity index is 407. The molecule has 2 amide bonds. The van der Waals surface area contributed by atoms with Gasteiger partial charge in [0.15, 0.2) is 0 Å². The molecule has 0 aliphatic carbocycles. The van der Waals surface area contributed by atoms with E-state index in [9.17, 15) is 9.59 Å². The number of carbonyl (C=O) groups excluding carboxylic acids is 2. The summed E-state index contributed by atoms with van der Waals surface area (Å²) in [6.07, 6.45) is 0.463. The van der Waals surface area contributed by atoms with Gasteiger partial charge < -0.3 is 10.6 Å². The monoisotopic (exact) mass is 346 g/mol. The first-order valence-corrected chi connectivity index (χ1v) is 6.52. The van der Waals surface area contributed by atoms with Gasteiger partial charge in [0.1, 0.15) is 0 Å². The van der Waals surface area contributed by atoms with Crippen molar-refractivity contribution in [3.63, 3.8) is 0 Å². The molecule has 0 aliphatic rings. The number of rotatable bonds is 5. The van der Waals surface area contributed by atoms with Crippen molar-refractivity contribution < 1.29 is 9.59 Å². The van der Waals surface area contributed by atoms with Gasteiger partial charge >= 0.3 is 0 Å². The third-order valence-corrected chi connectivity index (χ3v) is 3.11. The minimum atomic E-state index is -0.110. The minimum Gasteiger partial charge on any atom is -0.354 e. The van der Waals surface area contributed by atoms with Gasteiger partial charge in [0.05, 0.1) is 5.56 Å². The zero-order valence-electron chi connectivity index (χ0n) is 9.63. The fraction of sp³-hybridized carbons (Fsp3) is 0.333. The van der Waals surface area contributed by atoms with Gasteiger partial charge in [0, 0.05) is 23.1 Å². The van der Waals surface area contributed by atoms with E-state index in [1.54, 1.807) is 13.0 Å². The number of benzene rings is 1. The van der Waals surface area contributed by atoms with Crippen LogP contribution < -0.4 is 10.6 Å². The lowest BCUT2D eigenvalue weighted by atomic mass is 10.2. The molecule has 0 aliphatic heterocycles. The SMILES string of the molecule is CCC(=O)NCCNC(=O)c1ccccc1I. The lowest BCUT2D eigenvalue weighted by molar-refractivity contribution is -0.120. The molecule has 0 saturated heterocycles. The summed E-state index contributed by atoms with van der Waals surface area (Å²) in [6.45, 7) is 2.69. The molecule has 4 nitrogen and oxygen atoms in total. The summed E-state index contributed by atoms with van der Waals surface area (Å²) in [5, 5.41) is 5.46. The average Bonchev–Trinajstić information content (AvgIpc) is 2.34. The second kappa shape index (κ2) is 7.26. The molecule has 0 aromatic heterocycles. The molecule has 0 radical (unpaired) electrons. The standard InChI is InChI=1S/C12H15IN2O2/c1-2-11(16)14-7-8-15-12(17)9-5-3-4-6-10(9)13/h3-6H,2,7-8H2,1H3,(H,14,16)(H,15,17). The van der Waals surface area contributed by atoms with Gasteiger partial charge in [-0.3, -0.25) is 9.59 Å². The van der Waals surface area contributed by atoms with Crippen LogP contribution in [0.4, 0.5) is 0 Å². The highest BCUT2D eigenvalue weighted by Gasteiger charge is 2.07. The fourth-order valence-electron chi connectivity index (χ4n) is 1.24. The Kier molecular flexibility index (Phi) is 5.96. The Morgan fingerprint density at radius 3 is 2.47 bits per heavy atom. The molecule has 0 saturated carbocycles. The molecule has 0 heterocycles. The van der Waals surface area contributed by atoms with Crippen LogP contribution in [0.3, 0.4) is 0 Å². The molecule has 0 unspecified atom stereocenters. The molecule has 1 rings (SSSR count). The van der Waals surface area contributed by atoms with E-state index in [2.05, 4.69) is 33.2 Å². The highest BCUT2D eigenvalue weighted by Crippen LogP contribution is 2.10. The van der Waals surface area contributed by atoms with Gasteiger partial charge in [-0.25, -0.2) is 0 Å². The number of carbonyl (C=O) groups is 2. The maximum Gasteiger partial charge on any atom is 0.252 e. The van der Waals surface area contributed by atoms with Crippen molar-refractivity contribution in [1.82, 2.24) is 10.6 Å². The summed E-state index contributed by atoms with van der Waals surface area (Å²) >= 11 is 2.12. The molecule has 17 heavy (non-hydrogen) atoms. The normalized spacial score (nSPS) is 9.76. The molecule has 1 aromatic carbocycles. The van der Waals surface area contributed by atoms with Crippen LogP contribution in [-0.2, 0) is 4.79 Å². The van der Waals surface area contributed by atoms with Gasteiger partial charge in [-0.2, -0.15) is 0 Å². The van der Waals surface area contributed by atoms with Gasteiger partial charge in [-0.05, 0) is 34.7 Å². The van der Waals surface area contributed by atoms with Crippen LogP contribution in [0.5, 0.6) is 0 Å². The van der Waals surface area contributed by atoms with Crippen LogP contribution in [0.25, 0.3) is 0 Å². The molecule has 92 valence electrons. The summed E-state index contributed by atoms with van der Waals surface area (Å²) in [7, 11) is 0. The molecule has 0 spiro atoms. The highest BCUT2D eigenvalue weighted by atomic mass is 127. The van der Waals surface area contributed by atoms with E-state index in [1.807, 2.05) is 18.2 Å². The summed E-state index contributed by atoms with van der Waals surface area (Å²) in [4.78, 5) is 22.7. The van der Waals surface area contributed by atoms with Gasteiger partial charge in [-0.1, -0.05) is 19.1 Å². The number of hydrogen-bond acceptors (Lipinski definition) is 2. The van der Waals surface area contributed by atoms with E-state index in [0.717, 1.165) is 3.57 Å². The first-order valence-electron chi connectivity index (χ1n) is 5.44. The minimum absolute atomic E-state index is 0.00598. The van der Waals surface area contributed by atoms with Crippen LogP contribution in [0, 0.1) is 3.57 Å². The fourth-order valence-corrected chi connectivity index (χ4v) is 1.88.